The Bertz CT molecular complexity index is 798. The van der Waals surface area contributed by atoms with Crippen LogP contribution in [0.4, 0.5) is 0 Å². The first-order chi connectivity index (χ1) is 14.6. The van der Waals surface area contributed by atoms with Crippen molar-refractivity contribution in [3.8, 4) is 0 Å². The number of aliphatic hydroxyl groups is 1. The van der Waals surface area contributed by atoms with Gasteiger partial charge in [0, 0.05) is 26.7 Å². The fourth-order valence-corrected chi connectivity index (χ4v) is 7.55. The number of aliphatic hydroxyl groups excluding tert-OH is 1. The van der Waals surface area contributed by atoms with Crippen LogP contribution < -0.4 is 0 Å². The lowest BCUT2D eigenvalue weighted by atomic mass is 9.47. The molecule has 1 N–H and O–H groups in total. The van der Waals surface area contributed by atoms with Crippen LogP contribution in [0.15, 0.2) is 23.3 Å². The molecule has 2 fully saturated rings. The number of rotatable bonds is 5. The molecule has 7 atom stereocenters. The van der Waals surface area contributed by atoms with Crippen molar-refractivity contribution in [2.75, 3.05) is 6.61 Å². The van der Waals surface area contributed by atoms with Gasteiger partial charge < -0.3 is 14.6 Å². The van der Waals surface area contributed by atoms with Gasteiger partial charge in [-0.2, -0.15) is 0 Å². The highest BCUT2D eigenvalue weighted by Gasteiger charge is 2.57. The summed E-state index contributed by atoms with van der Waals surface area (Å²) in [5, 5.41) is 10.9. The van der Waals surface area contributed by atoms with E-state index in [9.17, 15) is 14.7 Å². The minimum absolute atomic E-state index is 0.0352. The Kier molecular flexibility index (Phi) is 6.10. The molecule has 0 spiro atoms. The molecule has 0 heterocycles. The van der Waals surface area contributed by atoms with Crippen molar-refractivity contribution in [2.45, 2.75) is 91.3 Å². The number of carbonyl (C=O) groups excluding carboxylic acids is 2. The zero-order valence-electron chi connectivity index (χ0n) is 19.5. The molecule has 0 aliphatic heterocycles. The highest BCUT2D eigenvalue weighted by atomic mass is 16.5. The van der Waals surface area contributed by atoms with Gasteiger partial charge in [0.05, 0.1) is 12.7 Å². The fourth-order valence-electron chi connectivity index (χ4n) is 7.55. The summed E-state index contributed by atoms with van der Waals surface area (Å²) in [6.45, 7) is 7.98. The zero-order chi connectivity index (χ0) is 22.4. The number of allylic oxidation sites excluding steroid dienone is 2. The van der Waals surface area contributed by atoms with E-state index in [0.717, 1.165) is 38.5 Å². The van der Waals surface area contributed by atoms with E-state index in [1.165, 1.54) is 31.4 Å². The maximum atomic E-state index is 11.4. The van der Waals surface area contributed by atoms with Crippen LogP contribution in [0.2, 0.25) is 0 Å². The van der Waals surface area contributed by atoms with Gasteiger partial charge >= 0.3 is 11.9 Å². The van der Waals surface area contributed by atoms with E-state index in [-0.39, 0.29) is 35.5 Å². The third-order valence-electron chi connectivity index (χ3n) is 9.09. The van der Waals surface area contributed by atoms with E-state index in [1.54, 1.807) is 0 Å². The van der Waals surface area contributed by atoms with Crippen LogP contribution in [0.5, 0.6) is 0 Å². The normalized spacial score (nSPS) is 39.9. The first kappa shape index (κ1) is 22.6. The SMILES string of the molecule is CC(=O)OCCC(O)C1=CCC2C3CC=C4CC(OC(C)=O)CCC4(C)C3CCC12C. The predicted molar refractivity (Wildman–Crippen MR) is 118 cm³/mol. The molecule has 0 aromatic rings. The molecule has 2 saturated carbocycles. The van der Waals surface area contributed by atoms with Gasteiger partial charge in [0.15, 0.2) is 0 Å². The van der Waals surface area contributed by atoms with Gasteiger partial charge in [0.1, 0.15) is 6.10 Å². The number of esters is 2. The first-order valence-corrected chi connectivity index (χ1v) is 12.0. The Morgan fingerprint density at radius 1 is 1.06 bits per heavy atom. The largest absolute Gasteiger partial charge is 0.466 e. The monoisotopic (exact) mass is 430 g/mol. The van der Waals surface area contributed by atoms with E-state index in [1.807, 2.05) is 0 Å². The van der Waals surface area contributed by atoms with Crippen molar-refractivity contribution in [3.63, 3.8) is 0 Å². The molecule has 31 heavy (non-hydrogen) atoms. The van der Waals surface area contributed by atoms with Crippen molar-refractivity contribution in [2.24, 2.45) is 28.6 Å². The van der Waals surface area contributed by atoms with Crippen LogP contribution in [-0.4, -0.2) is 35.9 Å². The summed E-state index contributed by atoms with van der Waals surface area (Å²) < 4.78 is 10.6. The minimum Gasteiger partial charge on any atom is -0.466 e. The van der Waals surface area contributed by atoms with Crippen LogP contribution in [-0.2, 0) is 19.1 Å². The summed E-state index contributed by atoms with van der Waals surface area (Å²) in [6, 6.07) is 0. The van der Waals surface area contributed by atoms with E-state index >= 15 is 0 Å². The lowest BCUT2D eigenvalue weighted by molar-refractivity contribution is -0.148. The van der Waals surface area contributed by atoms with Gasteiger partial charge in [-0.3, -0.25) is 9.59 Å². The Morgan fingerprint density at radius 3 is 2.52 bits per heavy atom. The number of hydrogen-bond acceptors (Lipinski definition) is 5. The third-order valence-corrected chi connectivity index (χ3v) is 9.09. The van der Waals surface area contributed by atoms with Crippen molar-refractivity contribution < 1.29 is 24.2 Å². The number of carbonyl (C=O) groups is 2. The fraction of sp³-hybridized carbons (Fsp3) is 0.769. The van der Waals surface area contributed by atoms with Crippen molar-refractivity contribution in [1.29, 1.82) is 0 Å². The molecular formula is C26H38O5. The van der Waals surface area contributed by atoms with Crippen LogP contribution in [0.1, 0.15) is 79.1 Å². The summed E-state index contributed by atoms with van der Waals surface area (Å²) in [6.07, 6.45) is 12.1. The van der Waals surface area contributed by atoms with Gasteiger partial charge in [-0.05, 0) is 72.7 Å². The Morgan fingerprint density at radius 2 is 1.81 bits per heavy atom. The molecule has 0 aromatic carbocycles. The molecule has 0 amide bonds. The molecule has 4 aliphatic carbocycles. The Labute approximate surface area is 186 Å². The van der Waals surface area contributed by atoms with Gasteiger partial charge in [-0.25, -0.2) is 0 Å². The molecule has 7 unspecified atom stereocenters. The van der Waals surface area contributed by atoms with E-state index in [2.05, 4.69) is 26.0 Å². The first-order valence-electron chi connectivity index (χ1n) is 12.0. The molecule has 0 radical (unpaired) electrons. The van der Waals surface area contributed by atoms with Crippen LogP contribution in [0.3, 0.4) is 0 Å². The van der Waals surface area contributed by atoms with Crippen LogP contribution >= 0.6 is 0 Å². The molecule has 4 rings (SSSR count). The molecule has 0 aromatic heterocycles. The summed E-state index contributed by atoms with van der Waals surface area (Å²) >= 11 is 0. The van der Waals surface area contributed by atoms with Gasteiger partial charge in [0.2, 0.25) is 0 Å². The summed E-state index contributed by atoms with van der Waals surface area (Å²) in [7, 11) is 0. The number of ether oxygens (including phenoxy) is 2. The van der Waals surface area contributed by atoms with Gasteiger partial charge in [-0.1, -0.05) is 31.6 Å². The average Bonchev–Trinajstić information content (AvgIpc) is 3.05. The molecular weight excluding hydrogens is 392 g/mol. The van der Waals surface area contributed by atoms with E-state index in [4.69, 9.17) is 9.47 Å². The third kappa shape index (κ3) is 3.99. The predicted octanol–water partition coefficient (Wildman–Crippen LogP) is 4.73. The van der Waals surface area contributed by atoms with E-state index < -0.39 is 6.10 Å². The summed E-state index contributed by atoms with van der Waals surface area (Å²) in [5.41, 5.74) is 2.91. The van der Waals surface area contributed by atoms with E-state index in [0.29, 0.717) is 24.2 Å². The molecule has 5 heteroatoms. The topological polar surface area (TPSA) is 72.8 Å². The second-order valence-corrected chi connectivity index (χ2v) is 10.7. The Hall–Kier alpha value is -1.62. The van der Waals surface area contributed by atoms with Crippen molar-refractivity contribution in [3.05, 3.63) is 23.3 Å². The minimum atomic E-state index is -0.532. The molecule has 172 valence electrons. The van der Waals surface area contributed by atoms with Crippen molar-refractivity contribution >= 4 is 11.9 Å². The number of fused-ring (bicyclic) bond motifs is 5. The zero-order valence-corrected chi connectivity index (χ0v) is 19.5. The second-order valence-electron chi connectivity index (χ2n) is 10.7. The lowest BCUT2D eigenvalue weighted by Gasteiger charge is -2.58. The molecule has 0 bridgehead atoms. The highest BCUT2D eigenvalue weighted by Crippen LogP contribution is 2.65. The molecule has 4 aliphatic rings. The Balaban J connectivity index is 1.48. The maximum absolute atomic E-state index is 11.4. The lowest BCUT2D eigenvalue weighted by Crippen LogP contribution is -2.50. The molecule has 0 saturated heterocycles. The standard InChI is InChI=1S/C26H38O5/c1-16(27)30-14-11-24(29)23-8-7-21-20-6-5-18-15-19(31-17(2)28)9-12-25(18,3)22(20)10-13-26(21,23)4/h5,8,19-22,24,29H,6-7,9-15H2,1-4H3. The maximum Gasteiger partial charge on any atom is 0.302 e. The summed E-state index contributed by atoms with van der Waals surface area (Å²) in [5.74, 6) is 1.39. The average molecular weight is 431 g/mol. The quantitative estimate of drug-likeness (QED) is 0.504. The summed E-state index contributed by atoms with van der Waals surface area (Å²) in [4.78, 5) is 22.5. The van der Waals surface area contributed by atoms with Gasteiger partial charge in [-0.15, -0.1) is 0 Å². The second kappa shape index (κ2) is 8.38. The number of hydrogen-bond donors (Lipinski definition) is 1. The smallest absolute Gasteiger partial charge is 0.302 e. The van der Waals surface area contributed by atoms with Gasteiger partial charge in [0.25, 0.3) is 0 Å². The van der Waals surface area contributed by atoms with Crippen LogP contribution in [0, 0.1) is 28.6 Å². The van der Waals surface area contributed by atoms with Crippen molar-refractivity contribution in [1.82, 2.24) is 0 Å². The highest BCUT2D eigenvalue weighted by molar-refractivity contribution is 5.66. The van der Waals surface area contributed by atoms with Crippen LogP contribution in [0.25, 0.3) is 0 Å². The molecule has 5 nitrogen and oxygen atoms in total.